The number of nitrogens with two attached hydrogens (primary N) is 1. The van der Waals surface area contributed by atoms with Gasteiger partial charge in [0.25, 0.3) is 5.91 Å². The van der Waals surface area contributed by atoms with Gasteiger partial charge >= 0.3 is 6.09 Å². The van der Waals surface area contributed by atoms with Crippen molar-refractivity contribution in [3.63, 3.8) is 0 Å². The highest BCUT2D eigenvalue weighted by Gasteiger charge is 2.31. The second-order valence-electron chi connectivity index (χ2n) is 8.53. The van der Waals surface area contributed by atoms with Gasteiger partial charge in [-0.1, -0.05) is 38.3 Å². The van der Waals surface area contributed by atoms with Crippen LogP contribution in [0.25, 0.3) is 0 Å². The van der Waals surface area contributed by atoms with E-state index in [0.29, 0.717) is 25.1 Å². The fourth-order valence-electron chi connectivity index (χ4n) is 3.56. The number of hydrogen-bond donors (Lipinski definition) is 7. The standard InChI is InChI=1S/C24H41N3O8/c1-2-3-4-5-11-27(15-19(29)21(31)22(32)20(30)16-28)12-10-26-23(33)18-8-6-7-17(14-18)9-13-35-24(25)34/h6-8,14,19-22,28-32H,2-5,9-13,15-16H2,1H3,(H2,25,34)(H,26,33)/t19-,20+,21+,22+/m0/s1. The summed E-state index contributed by atoms with van der Waals surface area (Å²) in [5, 5.41) is 51.7. The maximum absolute atomic E-state index is 12.6. The van der Waals surface area contributed by atoms with Crippen LogP contribution in [0.3, 0.4) is 0 Å². The van der Waals surface area contributed by atoms with Gasteiger partial charge in [0, 0.05) is 31.6 Å². The molecule has 11 heteroatoms. The third-order valence-corrected chi connectivity index (χ3v) is 5.64. The summed E-state index contributed by atoms with van der Waals surface area (Å²) in [6.07, 6.45) is -2.67. The van der Waals surface area contributed by atoms with E-state index in [9.17, 15) is 30.0 Å². The SMILES string of the molecule is CCCCCCN(CCNC(=O)c1cccc(CCOC(N)=O)c1)C[C@H](O)[C@@H](O)[C@H](O)[C@H](O)CO. The average molecular weight is 500 g/mol. The van der Waals surface area contributed by atoms with Gasteiger partial charge in [0.15, 0.2) is 0 Å². The summed E-state index contributed by atoms with van der Waals surface area (Å²) in [7, 11) is 0. The van der Waals surface area contributed by atoms with Crippen molar-refractivity contribution < 1.29 is 39.9 Å². The van der Waals surface area contributed by atoms with E-state index in [1.807, 2.05) is 11.0 Å². The largest absolute Gasteiger partial charge is 0.449 e. The fraction of sp³-hybridized carbons (Fsp3) is 0.667. The first kappa shape index (κ1) is 30.8. The van der Waals surface area contributed by atoms with Crippen LogP contribution >= 0.6 is 0 Å². The molecule has 0 aliphatic heterocycles. The van der Waals surface area contributed by atoms with Crippen LogP contribution < -0.4 is 11.1 Å². The monoisotopic (exact) mass is 499 g/mol. The number of unbranched alkanes of at least 4 members (excludes halogenated alkanes) is 3. The number of carbonyl (C=O) groups excluding carboxylic acids is 2. The van der Waals surface area contributed by atoms with Gasteiger partial charge in [0.2, 0.25) is 0 Å². The van der Waals surface area contributed by atoms with Crippen LogP contribution in [0.2, 0.25) is 0 Å². The summed E-state index contributed by atoms with van der Waals surface area (Å²) < 4.78 is 4.72. The molecule has 0 aromatic heterocycles. The first-order valence-corrected chi connectivity index (χ1v) is 12.0. The minimum absolute atomic E-state index is 0.0215. The number of nitrogens with zero attached hydrogens (tertiary/aromatic N) is 1. The third kappa shape index (κ3) is 12.3. The van der Waals surface area contributed by atoms with Gasteiger partial charge in [-0.15, -0.1) is 0 Å². The molecule has 0 saturated carbocycles. The van der Waals surface area contributed by atoms with E-state index in [0.717, 1.165) is 31.2 Å². The zero-order chi connectivity index (χ0) is 26.2. The van der Waals surface area contributed by atoms with Crippen molar-refractivity contribution in [3.05, 3.63) is 35.4 Å². The van der Waals surface area contributed by atoms with E-state index >= 15 is 0 Å². The summed E-state index contributed by atoms with van der Waals surface area (Å²) in [5.74, 6) is -0.282. The van der Waals surface area contributed by atoms with E-state index in [4.69, 9.17) is 15.6 Å². The molecule has 0 radical (unpaired) electrons. The second-order valence-corrected chi connectivity index (χ2v) is 8.53. The highest BCUT2D eigenvalue weighted by molar-refractivity contribution is 5.94. The number of aliphatic hydroxyl groups is 5. The van der Waals surface area contributed by atoms with Crippen LogP contribution in [0.1, 0.15) is 48.5 Å². The van der Waals surface area contributed by atoms with Gasteiger partial charge in [-0.25, -0.2) is 4.79 Å². The van der Waals surface area contributed by atoms with E-state index < -0.39 is 37.1 Å². The van der Waals surface area contributed by atoms with E-state index in [-0.39, 0.29) is 25.6 Å². The Bertz CT molecular complexity index is 751. The fourth-order valence-corrected chi connectivity index (χ4v) is 3.56. The van der Waals surface area contributed by atoms with E-state index in [2.05, 4.69) is 12.2 Å². The van der Waals surface area contributed by atoms with Crippen molar-refractivity contribution in [2.75, 3.05) is 39.4 Å². The van der Waals surface area contributed by atoms with Crippen molar-refractivity contribution in [1.82, 2.24) is 10.2 Å². The number of amides is 2. The number of rotatable bonds is 18. The van der Waals surface area contributed by atoms with Crippen molar-refractivity contribution >= 4 is 12.0 Å². The van der Waals surface area contributed by atoms with Gasteiger partial charge in [0.1, 0.15) is 18.3 Å². The van der Waals surface area contributed by atoms with Crippen molar-refractivity contribution in [1.29, 1.82) is 0 Å². The summed E-state index contributed by atoms with van der Waals surface area (Å²) in [6.45, 7) is 2.80. The average Bonchev–Trinajstić information content (AvgIpc) is 2.84. The summed E-state index contributed by atoms with van der Waals surface area (Å²) in [4.78, 5) is 25.1. The Balaban J connectivity index is 2.64. The molecule has 8 N–H and O–H groups in total. The Morgan fingerprint density at radius 3 is 2.43 bits per heavy atom. The van der Waals surface area contributed by atoms with E-state index in [1.54, 1.807) is 18.2 Å². The molecule has 2 amide bonds. The van der Waals surface area contributed by atoms with E-state index in [1.165, 1.54) is 0 Å². The molecule has 0 heterocycles. The normalized spacial score (nSPS) is 14.8. The molecule has 1 aromatic carbocycles. The van der Waals surface area contributed by atoms with Crippen LogP contribution in [0.4, 0.5) is 4.79 Å². The third-order valence-electron chi connectivity index (χ3n) is 5.64. The molecule has 0 saturated heterocycles. The molecule has 35 heavy (non-hydrogen) atoms. The second kappa shape index (κ2) is 17.2. The van der Waals surface area contributed by atoms with Crippen LogP contribution in [0, 0.1) is 0 Å². The van der Waals surface area contributed by atoms with Crippen molar-refractivity contribution in [2.45, 2.75) is 63.4 Å². The van der Waals surface area contributed by atoms with Crippen molar-refractivity contribution in [2.24, 2.45) is 5.73 Å². The number of primary amides is 1. The van der Waals surface area contributed by atoms with Crippen LogP contribution in [0.5, 0.6) is 0 Å². The highest BCUT2D eigenvalue weighted by Crippen LogP contribution is 2.09. The molecule has 0 spiro atoms. The smallest absolute Gasteiger partial charge is 0.404 e. The quantitative estimate of drug-likeness (QED) is 0.129. The van der Waals surface area contributed by atoms with Crippen molar-refractivity contribution in [3.8, 4) is 0 Å². The zero-order valence-corrected chi connectivity index (χ0v) is 20.4. The maximum atomic E-state index is 12.6. The molecular formula is C24H41N3O8. The zero-order valence-electron chi connectivity index (χ0n) is 20.4. The van der Waals surface area contributed by atoms with Gasteiger partial charge < -0.3 is 41.3 Å². The molecule has 0 unspecified atom stereocenters. The molecule has 200 valence electrons. The Hall–Kier alpha value is -2.28. The first-order chi connectivity index (χ1) is 16.7. The molecule has 0 aliphatic carbocycles. The van der Waals surface area contributed by atoms with Gasteiger partial charge in [0.05, 0.1) is 19.3 Å². The highest BCUT2D eigenvalue weighted by atomic mass is 16.5. The number of aliphatic hydroxyl groups excluding tert-OH is 5. The molecule has 0 bridgehead atoms. The summed E-state index contributed by atoms with van der Waals surface area (Å²) >= 11 is 0. The number of ether oxygens (including phenoxy) is 1. The van der Waals surface area contributed by atoms with Crippen LogP contribution in [-0.4, -0.2) is 106 Å². The molecule has 1 rings (SSSR count). The lowest BCUT2D eigenvalue weighted by molar-refractivity contribution is -0.119. The summed E-state index contributed by atoms with van der Waals surface area (Å²) in [5.41, 5.74) is 6.22. The first-order valence-electron chi connectivity index (χ1n) is 12.0. The molecule has 4 atom stereocenters. The molecule has 0 fully saturated rings. The lowest BCUT2D eigenvalue weighted by Gasteiger charge is -2.30. The topological polar surface area (TPSA) is 186 Å². The summed E-state index contributed by atoms with van der Waals surface area (Å²) in [6, 6.07) is 6.92. The van der Waals surface area contributed by atoms with Gasteiger partial charge in [-0.2, -0.15) is 0 Å². The Labute approximate surface area is 206 Å². The number of benzene rings is 1. The Kier molecular flexibility index (Phi) is 15.1. The molecule has 11 nitrogen and oxygen atoms in total. The predicted octanol–water partition coefficient (Wildman–Crippen LogP) is -0.628. The maximum Gasteiger partial charge on any atom is 0.404 e. The van der Waals surface area contributed by atoms with Crippen LogP contribution in [-0.2, 0) is 11.2 Å². The number of nitrogens with one attached hydrogen (secondary N) is 1. The molecular weight excluding hydrogens is 458 g/mol. The lowest BCUT2D eigenvalue weighted by Crippen LogP contribution is -2.50. The molecule has 1 aromatic rings. The van der Waals surface area contributed by atoms with Gasteiger partial charge in [-0.05, 0) is 30.7 Å². The number of hydrogen-bond acceptors (Lipinski definition) is 9. The Morgan fingerprint density at radius 2 is 1.77 bits per heavy atom. The van der Waals surface area contributed by atoms with Gasteiger partial charge in [-0.3, -0.25) is 9.69 Å². The number of carbonyl (C=O) groups is 2. The minimum Gasteiger partial charge on any atom is -0.449 e. The van der Waals surface area contributed by atoms with Crippen LogP contribution in [0.15, 0.2) is 24.3 Å². The Morgan fingerprint density at radius 1 is 1.06 bits per heavy atom. The predicted molar refractivity (Wildman–Crippen MR) is 130 cm³/mol. The lowest BCUT2D eigenvalue weighted by atomic mass is 10.0. The molecule has 0 aliphatic rings. The minimum atomic E-state index is -1.68.